The fourth-order valence-corrected chi connectivity index (χ4v) is 3.15. The van der Waals surface area contributed by atoms with Gasteiger partial charge >= 0.3 is 11.9 Å². The van der Waals surface area contributed by atoms with E-state index in [0.717, 1.165) is 25.7 Å². The van der Waals surface area contributed by atoms with Gasteiger partial charge in [0.2, 0.25) is 0 Å². The molecule has 0 bridgehead atoms. The Bertz CT molecular complexity index is 392. The van der Waals surface area contributed by atoms with Gasteiger partial charge in [0.15, 0.2) is 0 Å². The molecule has 0 spiro atoms. The lowest BCUT2D eigenvalue weighted by molar-refractivity contribution is -0.152. The summed E-state index contributed by atoms with van der Waals surface area (Å²) < 4.78 is 10.5. The maximum Gasteiger partial charge on any atom is 0.334 e. The monoisotopic (exact) mass is 310 g/mol. The van der Waals surface area contributed by atoms with Crippen LogP contribution in [0, 0.1) is 17.8 Å². The molecule has 0 amide bonds. The number of ether oxygens (including phenoxy) is 2. The molecule has 0 radical (unpaired) electrons. The molecule has 1 fully saturated rings. The van der Waals surface area contributed by atoms with Crippen LogP contribution in [0.25, 0.3) is 0 Å². The summed E-state index contributed by atoms with van der Waals surface area (Å²) in [6.45, 7) is 8.23. The van der Waals surface area contributed by atoms with Gasteiger partial charge in [-0.25, -0.2) is 4.79 Å². The summed E-state index contributed by atoms with van der Waals surface area (Å²) >= 11 is 0. The van der Waals surface area contributed by atoms with Crippen LogP contribution in [0.15, 0.2) is 11.6 Å². The van der Waals surface area contributed by atoms with Crippen LogP contribution in [-0.4, -0.2) is 25.2 Å². The number of allylic oxidation sites excluding steroid dienone is 1. The molecule has 0 aliphatic heterocycles. The van der Waals surface area contributed by atoms with Crippen LogP contribution in [0.4, 0.5) is 0 Å². The van der Waals surface area contributed by atoms with Gasteiger partial charge in [0.1, 0.15) is 0 Å². The second kappa shape index (κ2) is 9.65. The Morgan fingerprint density at radius 3 is 2.14 bits per heavy atom. The molecule has 0 aromatic heterocycles. The average molecular weight is 310 g/mol. The predicted molar refractivity (Wildman–Crippen MR) is 86.3 cm³/mol. The van der Waals surface area contributed by atoms with Gasteiger partial charge in [-0.1, -0.05) is 39.2 Å². The van der Waals surface area contributed by atoms with Crippen LogP contribution in [0.3, 0.4) is 0 Å². The minimum absolute atomic E-state index is 0.180. The highest BCUT2D eigenvalue weighted by atomic mass is 16.5. The van der Waals surface area contributed by atoms with Crippen LogP contribution in [0.1, 0.15) is 59.8 Å². The van der Waals surface area contributed by atoms with E-state index in [-0.39, 0.29) is 23.8 Å². The van der Waals surface area contributed by atoms with Crippen molar-refractivity contribution in [3.8, 4) is 0 Å². The highest BCUT2D eigenvalue weighted by Gasteiger charge is 2.37. The summed E-state index contributed by atoms with van der Waals surface area (Å²) in [5.74, 6) is -0.780. The Hall–Kier alpha value is -1.32. The van der Waals surface area contributed by atoms with Gasteiger partial charge in [0.25, 0.3) is 0 Å². The number of rotatable bonds is 7. The number of carbonyl (C=O) groups is 2. The third-order valence-corrected chi connectivity index (χ3v) is 4.02. The first-order valence-corrected chi connectivity index (χ1v) is 8.56. The summed E-state index contributed by atoms with van der Waals surface area (Å²) in [7, 11) is 0. The fourth-order valence-electron chi connectivity index (χ4n) is 3.15. The zero-order valence-corrected chi connectivity index (χ0v) is 14.4. The summed E-state index contributed by atoms with van der Waals surface area (Å²) in [5.41, 5.74) is 0.488. The molecule has 1 aliphatic rings. The van der Waals surface area contributed by atoms with Crippen molar-refractivity contribution >= 4 is 11.9 Å². The molecule has 0 aromatic carbocycles. The minimum atomic E-state index is -0.485. The van der Waals surface area contributed by atoms with Crippen LogP contribution in [-0.2, 0) is 19.1 Å². The van der Waals surface area contributed by atoms with Gasteiger partial charge in [-0.2, -0.15) is 0 Å². The van der Waals surface area contributed by atoms with E-state index in [0.29, 0.717) is 18.8 Å². The standard InChI is InChI=1S/C18H30O4/c1-5-21-17(19)15(12-13(3)4)16(18(20)22-6-2)14-10-8-7-9-11-14/h12-14,16H,5-11H2,1-4H3. The third-order valence-electron chi connectivity index (χ3n) is 4.02. The smallest absolute Gasteiger partial charge is 0.334 e. The summed E-state index contributed by atoms with van der Waals surface area (Å²) in [4.78, 5) is 24.9. The third kappa shape index (κ3) is 5.47. The van der Waals surface area contributed by atoms with E-state index in [4.69, 9.17) is 9.47 Å². The van der Waals surface area contributed by atoms with Gasteiger partial charge in [0, 0.05) is 5.57 Å². The zero-order chi connectivity index (χ0) is 16.5. The van der Waals surface area contributed by atoms with Crippen molar-refractivity contribution in [1.29, 1.82) is 0 Å². The van der Waals surface area contributed by atoms with Gasteiger partial charge in [-0.15, -0.1) is 0 Å². The zero-order valence-electron chi connectivity index (χ0n) is 14.4. The van der Waals surface area contributed by atoms with Gasteiger partial charge in [-0.05, 0) is 38.5 Å². The Labute approximate surface area is 134 Å². The molecular weight excluding hydrogens is 280 g/mol. The quantitative estimate of drug-likeness (QED) is 0.529. The second-order valence-corrected chi connectivity index (χ2v) is 6.21. The van der Waals surface area contributed by atoms with Crippen LogP contribution in [0.2, 0.25) is 0 Å². The first-order valence-electron chi connectivity index (χ1n) is 8.56. The molecule has 0 heterocycles. The normalized spacial score (nSPS) is 18.1. The first-order chi connectivity index (χ1) is 10.5. The SMILES string of the molecule is CCOC(=O)C(=CC(C)C)C(C(=O)OCC)C1CCCCC1. The summed E-state index contributed by atoms with van der Waals surface area (Å²) in [5, 5.41) is 0. The number of hydrogen-bond donors (Lipinski definition) is 0. The summed E-state index contributed by atoms with van der Waals surface area (Å²) in [6, 6.07) is 0. The predicted octanol–water partition coefficient (Wildman–Crippen LogP) is 3.89. The molecule has 1 saturated carbocycles. The molecule has 1 atom stereocenters. The van der Waals surface area contributed by atoms with Gasteiger partial charge in [0.05, 0.1) is 19.1 Å². The molecule has 1 unspecified atom stereocenters. The molecular formula is C18H30O4. The lowest BCUT2D eigenvalue weighted by Gasteiger charge is -2.30. The number of hydrogen-bond acceptors (Lipinski definition) is 4. The Morgan fingerprint density at radius 1 is 1.05 bits per heavy atom. The molecule has 0 aromatic rings. The van der Waals surface area contributed by atoms with Crippen molar-refractivity contribution in [3.05, 3.63) is 11.6 Å². The fraction of sp³-hybridized carbons (Fsp3) is 0.778. The lowest BCUT2D eigenvalue weighted by Crippen LogP contribution is -2.33. The highest BCUT2D eigenvalue weighted by molar-refractivity contribution is 5.95. The van der Waals surface area contributed by atoms with Gasteiger partial charge in [-0.3, -0.25) is 4.79 Å². The van der Waals surface area contributed by atoms with Crippen molar-refractivity contribution in [2.24, 2.45) is 17.8 Å². The van der Waals surface area contributed by atoms with E-state index in [1.807, 2.05) is 19.9 Å². The van der Waals surface area contributed by atoms with E-state index < -0.39 is 5.92 Å². The Balaban J connectivity index is 3.11. The van der Waals surface area contributed by atoms with Crippen molar-refractivity contribution in [2.75, 3.05) is 13.2 Å². The van der Waals surface area contributed by atoms with Gasteiger partial charge < -0.3 is 9.47 Å². The molecule has 0 N–H and O–H groups in total. The molecule has 4 heteroatoms. The highest BCUT2D eigenvalue weighted by Crippen LogP contribution is 2.35. The van der Waals surface area contributed by atoms with Crippen LogP contribution in [0.5, 0.6) is 0 Å². The average Bonchev–Trinajstić information content (AvgIpc) is 2.48. The molecule has 22 heavy (non-hydrogen) atoms. The second-order valence-electron chi connectivity index (χ2n) is 6.21. The maximum atomic E-state index is 12.5. The van der Waals surface area contributed by atoms with E-state index >= 15 is 0 Å². The first kappa shape index (κ1) is 18.7. The van der Waals surface area contributed by atoms with Crippen LogP contribution >= 0.6 is 0 Å². The maximum absolute atomic E-state index is 12.5. The minimum Gasteiger partial charge on any atom is -0.466 e. The molecule has 1 aliphatic carbocycles. The largest absolute Gasteiger partial charge is 0.466 e. The van der Waals surface area contributed by atoms with E-state index in [9.17, 15) is 9.59 Å². The van der Waals surface area contributed by atoms with E-state index in [1.54, 1.807) is 13.8 Å². The molecule has 126 valence electrons. The molecule has 0 saturated heterocycles. The number of carbonyl (C=O) groups excluding carboxylic acids is 2. The van der Waals surface area contributed by atoms with Crippen molar-refractivity contribution in [3.63, 3.8) is 0 Å². The number of esters is 2. The van der Waals surface area contributed by atoms with Crippen molar-refractivity contribution < 1.29 is 19.1 Å². The molecule has 4 nitrogen and oxygen atoms in total. The lowest BCUT2D eigenvalue weighted by atomic mass is 9.76. The van der Waals surface area contributed by atoms with E-state index in [1.165, 1.54) is 6.42 Å². The Morgan fingerprint density at radius 2 is 1.64 bits per heavy atom. The molecule has 1 rings (SSSR count). The van der Waals surface area contributed by atoms with E-state index in [2.05, 4.69) is 0 Å². The topological polar surface area (TPSA) is 52.6 Å². The van der Waals surface area contributed by atoms with Crippen molar-refractivity contribution in [1.82, 2.24) is 0 Å². The summed E-state index contributed by atoms with van der Waals surface area (Å²) in [6.07, 6.45) is 7.23. The van der Waals surface area contributed by atoms with Crippen LogP contribution < -0.4 is 0 Å². The van der Waals surface area contributed by atoms with Crippen molar-refractivity contribution in [2.45, 2.75) is 59.8 Å². The Kier molecular flexibility index (Phi) is 8.21.